The highest BCUT2D eigenvalue weighted by atomic mass is 32.1. The zero-order chi connectivity index (χ0) is 37.0. The summed E-state index contributed by atoms with van der Waals surface area (Å²) >= 11 is 1.82. The summed E-state index contributed by atoms with van der Waals surface area (Å²) < 4.78 is 4.91. The maximum absolute atomic E-state index is 5.01. The van der Waals surface area contributed by atoms with Crippen LogP contribution < -0.4 is 0 Å². The second-order valence-electron chi connectivity index (χ2n) is 14.0. The summed E-state index contributed by atoms with van der Waals surface area (Å²) in [4.78, 5) is 14.9. The van der Waals surface area contributed by atoms with Gasteiger partial charge in [-0.2, -0.15) is 0 Å². The first kappa shape index (κ1) is 32.2. The molecule has 3 heterocycles. The van der Waals surface area contributed by atoms with Crippen molar-refractivity contribution in [1.29, 1.82) is 0 Å². The molecule has 262 valence electrons. The molecule has 5 heteroatoms. The average Bonchev–Trinajstić information content (AvgIpc) is 3.82. The van der Waals surface area contributed by atoms with Crippen LogP contribution in [0.5, 0.6) is 0 Å². The van der Waals surface area contributed by atoms with Crippen LogP contribution in [0.4, 0.5) is 0 Å². The summed E-state index contributed by atoms with van der Waals surface area (Å²) in [5, 5.41) is 4.88. The Morgan fingerprint density at radius 2 is 0.893 bits per heavy atom. The van der Waals surface area contributed by atoms with Crippen molar-refractivity contribution in [2.75, 3.05) is 0 Å². The Kier molecular flexibility index (Phi) is 7.64. The number of aromatic nitrogens is 4. The van der Waals surface area contributed by atoms with E-state index in [9.17, 15) is 0 Å². The number of benzene rings is 8. The Morgan fingerprint density at radius 3 is 1.55 bits per heavy atom. The molecule has 3 aromatic heterocycles. The van der Waals surface area contributed by atoms with Crippen molar-refractivity contribution < 1.29 is 0 Å². The molecule has 0 radical (unpaired) electrons. The van der Waals surface area contributed by atoms with E-state index in [-0.39, 0.29) is 0 Å². The van der Waals surface area contributed by atoms with E-state index in [1.54, 1.807) is 0 Å². The quantitative estimate of drug-likeness (QED) is 0.171. The van der Waals surface area contributed by atoms with Gasteiger partial charge in [0.2, 0.25) is 0 Å². The topological polar surface area (TPSA) is 43.6 Å². The lowest BCUT2D eigenvalue weighted by Crippen LogP contribution is -2.00. The van der Waals surface area contributed by atoms with Gasteiger partial charge in [-0.3, -0.25) is 0 Å². The Hall–Kier alpha value is -7.21. The smallest absolute Gasteiger partial charge is 0.164 e. The summed E-state index contributed by atoms with van der Waals surface area (Å²) in [5.74, 6) is 1.97. The molecule has 4 nitrogen and oxygen atoms in total. The second kappa shape index (κ2) is 13.3. The molecule has 0 N–H and O–H groups in total. The number of para-hydroxylation sites is 1. The minimum atomic E-state index is 0.657. The fourth-order valence-electron chi connectivity index (χ4n) is 7.98. The highest BCUT2D eigenvalue weighted by Crippen LogP contribution is 2.43. The molecular formula is C51H32N4S. The van der Waals surface area contributed by atoms with Gasteiger partial charge < -0.3 is 4.57 Å². The molecule has 0 amide bonds. The minimum absolute atomic E-state index is 0.657. The van der Waals surface area contributed by atoms with Crippen LogP contribution in [0.1, 0.15) is 0 Å². The SMILES string of the molecule is c1ccc(-c2cc(-c3ccccc3)c3c(c2)c2ccccc2n3-c2ccc3c(c2)sc2ccc(-c4nc(-c5ccccc5)nc(-c5ccccc5)n4)cc23)cc1. The van der Waals surface area contributed by atoms with Crippen LogP contribution in [-0.2, 0) is 0 Å². The van der Waals surface area contributed by atoms with E-state index in [4.69, 9.17) is 15.0 Å². The molecule has 0 saturated heterocycles. The Labute approximate surface area is 327 Å². The van der Waals surface area contributed by atoms with Gasteiger partial charge in [0.15, 0.2) is 17.5 Å². The first-order chi connectivity index (χ1) is 27.7. The van der Waals surface area contributed by atoms with Crippen LogP contribution in [0.15, 0.2) is 194 Å². The first-order valence-corrected chi connectivity index (χ1v) is 19.6. The van der Waals surface area contributed by atoms with Gasteiger partial charge in [0.1, 0.15) is 0 Å². The summed E-state index contributed by atoms with van der Waals surface area (Å²) in [6, 6.07) is 68.8. The molecule has 0 aliphatic rings. The zero-order valence-corrected chi connectivity index (χ0v) is 31.0. The molecule has 0 aliphatic heterocycles. The number of hydrogen-bond donors (Lipinski definition) is 0. The highest BCUT2D eigenvalue weighted by molar-refractivity contribution is 7.25. The molecule has 0 fully saturated rings. The van der Waals surface area contributed by atoms with E-state index in [1.165, 1.54) is 64.2 Å². The van der Waals surface area contributed by atoms with E-state index in [0.29, 0.717) is 17.5 Å². The Morgan fingerprint density at radius 1 is 0.339 bits per heavy atom. The molecule has 0 bridgehead atoms. The lowest BCUT2D eigenvalue weighted by atomic mass is 9.95. The largest absolute Gasteiger partial charge is 0.309 e. The molecule has 11 rings (SSSR count). The highest BCUT2D eigenvalue weighted by Gasteiger charge is 2.20. The average molecular weight is 733 g/mol. The zero-order valence-electron chi connectivity index (χ0n) is 30.2. The summed E-state index contributed by atoms with van der Waals surface area (Å²) in [7, 11) is 0. The van der Waals surface area contributed by atoms with Gasteiger partial charge in [0.25, 0.3) is 0 Å². The van der Waals surface area contributed by atoms with Crippen molar-refractivity contribution in [3.8, 4) is 62.1 Å². The van der Waals surface area contributed by atoms with Crippen molar-refractivity contribution in [3.63, 3.8) is 0 Å². The minimum Gasteiger partial charge on any atom is -0.309 e. The number of thiophene rings is 1. The molecule has 56 heavy (non-hydrogen) atoms. The first-order valence-electron chi connectivity index (χ1n) is 18.8. The van der Waals surface area contributed by atoms with E-state index in [0.717, 1.165) is 22.4 Å². The third-order valence-electron chi connectivity index (χ3n) is 10.6. The maximum atomic E-state index is 5.01. The fourth-order valence-corrected chi connectivity index (χ4v) is 9.10. The predicted octanol–water partition coefficient (Wildman–Crippen LogP) is 13.7. The van der Waals surface area contributed by atoms with Gasteiger partial charge in [-0.1, -0.05) is 146 Å². The third kappa shape index (κ3) is 5.48. The van der Waals surface area contributed by atoms with Crippen LogP contribution in [-0.4, -0.2) is 19.5 Å². The van der Waals surface area contributed by atoms with Crippen molar-refractivity contribution in [1.82, 2.24) is 19.5 Å². The van der Waals surface area contributed by atoms with Gasteiger partial charge in [-0.25, -0.2) is 15.0 Å². The molecule has 0 atom stereocenters. The molecular weight excluding hydrogens is 701 g/mol. The van der Waals surface area contributed by atoms with Gasteiger partial charge in [-0.15, -0.1) is 11.3 Å². The Balaban J connectivity index is 1.09. The van der Waals surface area contributed by atoms with Crippen molar-refractivity contribution in [2.45, 2.75) is 0 Å². The molecule has 11 aromatic rings. The van der Waals surface area contributed by atoms with Crippen molar-refractivity contribution in [2.24, 2.45) is 0 Å². The monoisotopic (exact) mass is 732 g/mol. The van der Waals surface area contributed by atoms with Gasteiger partial charge in [0.05, 0.1) is 11.0 Å². The van der Waals surface area contributed by atoms with E-state index >= 15 is 0 Å². The van der Waals surface area contributed by atoms with Crippen molar-refractivity contribution in [3.05, 3.63) is 194 Å². The fraction of sp³-hybridized carbons (Fsp3) is 0. The Bertz CT molecular complexity index is 3170. The van der Waals surface area contributed by atoms with E-state index < -0.39 is 0 Å². The van der Waals surface area contributed by atoms with Crippen molar-refractivity contribution >= 4 is 53.3 Å². The van der Waals surface area contributed by atoms with Crippen LogP contribution in [0.25, 0.3) is 104 Å². The van der Waals surface area contributed by atoms with Gasteiger partial charge >= 0.3 is 0 Å². The number of hydrogen-bond acceptors (Lipinski definition) is 4. The summed E-state index contributed by atoms with van der Waals surface area (Å²) in [6.07, 6.45) is 0. The predicted molar refractivity (Wildman–Crippen MR) is 234 cm³/mol. The molecule has 0 saturated carbocycles. The standard InChI is InChI=1S/C51H32N4S/c1-5-15-33(16-6-1)38-30-42(34-17-7-2-8-18-34)48-44(31-38)40-23-13-14-24-45(40)55(48)39-26-27-41-43-29-37(25-28-46(43)56-47(41)32-39)51-53-49(35-19-9-3-10-20-35)52-50(54-51)36-21-11-4-12-22-36/h1-32H. The number of rotatable bonds is 6. The molecule has 0 aliphatic carbocycles. The number of nitrogens with zero attached hydrogens (tertiary/aromatic N) is 4. The van der Waals surface area contributed by atoms with Crippen LogP contribution in [0.2, 0.25) is 0 Å². The second-order valence-corrected chi connectivity index (χ2v) is 15.1. The van der Waals surface area contributed by atoms with E-state index in [1.807, 2.05) is 72.0 Å². The third-order valence-corrected chi connectivity index (χ3v) is 11.8. The number of fused-ring (bicyclic) bond motifs is 6. The molecule has 8 aromatic carbocycles. The van der Waals surface area contributed by atoms with Crippen LogP contribution in [0, 0.1) is 0 Å². The van der Waals surface area contributed by atoms with Crippen LogP contribution in [0.3, 0.4) is 0 Å². The van der Waals surface area contributed by atoms with Crippen LogP contribution >= 0.6 is 11.3 Å². The summed E-state index contributed by atoms with van der Waals surface area (Å²) in [5.41, 5.74) is 11.2. The van der Waals surface area contributed by atoms with E-state index in [2.05, 4.69) is 138 Å². The molecule has 0 unspecified atom stereocenters. The lowest BCUT2D eigenvalue weighted by Gasteiger charge is -2.14. The molecule has 0 spiro atoms. The summed E-state index contributed by atoms with van der Waals surface area (Å²) in [6.45, 7) is 0. The normalized spacial score (nSPS) is 11.6. The van der Waals surface area contributed by atoms with Gasteiger partial charge in [0, 0.05) is 58.9 Å². The van der Waals surface area contributed by atoms with Gasteiger partial charge in [-0.05, 0) is 65.2 Å². The lowest BCUT2D eigenvalue weighted by molar-refractivity contribution is 1.07. The maximum Gasteiger partial charge on any atom is 0.164 e.